The largest absolute Gasteiger partial charge is 0.394 e. The molecule has 3 atom stereocenters. The highest BCUT2D eigenvalue weighted by Gasteiger charge is 2.24. The van der Waals surface area contributed by atoms with Crippen molar-refractivity contribution < 1.29 is 20.4 Å². The minimum absolute atomic E-state index is 0.234. The minimum Gasteiger partial charge on any atom is -0.394 e. The monoisotopic (exact) mass is 222 g/mol. The van der Waals surface area contributed by atoms with Crippen molar-refractivity contribution >= 4 is 0 Å². The molecule has 6 N–H and O–H groups in total. The number of hydrogen-bond donors (Lipinski definition) is 6. The molecule has 15 heavy (non-hydrogen) atoms. The van der Waals surface area contributed by atoms with Crippen molar-refractivity contribution in [2.75, 3.05) is 20.2 Å². The van der Waals surface area contributed by atoms with E-state index < -0.39 is 18.1 Å². The third kappa shape index (κ3) is 6.77. The molecule has 3 unspecified atom stereocenters. The first kappa shape index (κ1) is 14.8. The van der Waals surface area contributed by atoms with Gasteiger partial charge in [-0.3, -0.25) is 10.6 Å². The van der Waals surface area contributed by atoms with E-state index in [9.17, 15) is 5.11 Å². The average Bonchev–Trinajstić information content (AvgIpc) is 2.23. The first-order valence-corrected chi connectivity index (χ1v) is 5.07. The van der Waals surface area contributed by atoms with E-state index in [0.29, 0.717) is 0 Å². The zero-order valence-electron chi connectivity index (χ0n) is 9.27. The lowest BCUT2D eigenvalue weighted by Gasteiger charge is -2.30. The van der Waals surface area contributed by atoms with Gasteiger partial charge < -0.3 is 20.4 Å². The Morgan fingerprint density at radius 1 is 1.33 bits per heavy atom. The van der Waals surface area contributed by atoms with Crippen LogP contribution in [0.25, 0.3) is 0 Å². The molecule has 0 fully saturated rings. The molecule has 0 rings (SSSR count). The molecular formula is C9H22N2O4. The summed E-state index contributed by atoms with van der Waals surface area (Å²) in [5.41, 5.74) is 0. The molecule has 92 valence electrons. The van der Waals surface area contributed by atoms with E-state index in [0.717, 1.165) is 0 Å². The summed E-state index contributed by atoms with van der Waals surface area (Å²) < 4.78 is 0. The summed E-state index contributed by atoms with van der Waals surface area (Å²) in [5.74, 6) is -1.33. The second-order valence-corrected chi connectivity index (χ2v) is 3.72. The molecule has 0 spiro atoms. The van der Waals surface area contributed by atoms with Gasteiger partial charge in [0, 0.05) is 13.0 Å². The molecule has 0 heterocycles. The van der Waals surface area contributed by atoms with Crippen LogP contribution >= 0.6 is 0 Å². The molecule has 0 aliphatic carbocycles. The molecular weight excluding hydrogens is 200 g/mol. The molecule has 0 saturated heterocycles. The summed E-state index contributed by atoms with van der Waals surface area (Å²) >= 11 is 0. The van der Waals surface area contributed by atoms with Crippen molar-refractivity contribution in [1.29, 1.82) is 0 Å². The number of nitrogens with one attached hydrogen (secondary N) is 2. The normalized spacial score (nSPS) is 19.6. The molecule has 0 aliphatic rings. The van der Waals surface area contributed by atoms with Gasteiger partial charge in [0.05, 0.1) is 18.8 Å². The number of aliphatic hydroxyl groups excluding tert-OH is 3. The highest BCUT2D eigenvalue weighted by atomic mass is 16.3. The molecule has 6 nitrogen and oxygen atoms in total. The van der Waals surface area contributed by atoms with Crippen LogP contribution in [0.15, 0.2) is 0 Å². The van der Waals surface area contributed by atoms with E-state index in [2.05, 4.69) is 10.6 Å². The Kier molecular flexibility index (Phi) is 6.99. The number of hydrogen-bond acceptors (Lipinski definition) is 6. The van der Waals surface area contributed by atoms with Crippen LogP contribution in [0.3, 0.4) is 0 Å². The summed E-state index contributed by atoms with van der Waals surface area (Å²) in [6.45, 7) is 1.52. The van der Waals surface area contributed by atoms with Gasteiger partial charge >= 0.3 is 0 Å². The van der Waals surface area contributed by atoms with Crippen LogP contribution in [0.5, 0.6) is 0 Å². The van der Waals surface area contributed by atoms with Crippen molar-refractivity contribution in [3.8, 4) is 0 Å². The third-order valence-electron chi connectivity index (χ3n) is 2.15. The molecule has 0 aromatic rings. The summed E-state index contributed by atoms with van der Waals surface area (Å²) in [4.78, 5) is 0. The lowest BCUT2D eigenvalue weighted by molar-refractivity contribution is -0.0489. The summed E-state index contributed by atoms with van der Waals surface area (Å²) in [5, 5.41) is 42.0. The molecule has 0 aromatic heterocycles. The van der Waals surface area contributed by atoms with Crippen LogP contribution in [0.1, 0.15) is 19.8 Å². The molecule has 6 heteroatoms. The van der Waals surface area contributed by atoms with Gasteiger partial charge in [-0.05, 0) is 20.4 Å². The van der Waals surface area contributed by atoms with Crippen LogP contribution in [-0.2, 0) is 0 Å². The maximum absolute atomic E-state index is 9.89. The Morgan fingerprint density at radius 2 is 1.93 bits per heavy atom. The van der Waals surface area contributed by atoms with Crippen molar-refractivity contribution in [3.63, 3.8) is 0 Å². The van der Waals surface area contributed by atoms with E-state index in [4.69, 9.17) is 15.3 Å². The van der Waals surface area contributed by atoms with Gasteiger partial charge in [-0.15, -0.1) is 0 Å². The Bertz CT molecular complexity index is 168. The number of aliphatic hydroxyl groups is 4. The van der Waals surface area contributed by atoms with E-state index in [1.54, 1.807) is 14.0 Å². The van der Waals surface area contributed by atoms with Crippen molar-refractivity contribution in [3.05, 3.63) is 0 Å². The van der Waals surface area contributed by atoms with Gasteiger partial charge in [-0.25, -0.2) is 0 Å². The van der Waals surface area contributed by atoms with E-state index in [-0.39, 0.29) is 26.0 Å². The smallest absolute Gasteiger partial charge is 0.171 e. The molecule has 0 bridgehead atoms. The molecule has 0 aliphatic heterocycles. The third-order valence-corrected chi connectivity index (χ3v) is 2.15. The second-order valence-electron chi connectivity index (χ2n) is 3.72. The standard InChI is InChI=1S/C9H22N2O4/c1-7(13)5-11-9(15,10-2)4-3-8(14)6-12/h7-8,10-15H,3-6H2,1-2H3. The SMILES string of the molecule is CNC(O)(CCC(O)CO)NCC(C)O. The van der Waals surface area contributed by atoms with Crippen LogP contribution in [0.4, 0.5) is 0 Å². The first-order valence-electron chi connectivity index (χ1n) is 5.07. The summed E-state index contributed by atoms with van der Waals surface area (Å²) in [6, 6.07) is 0. The Balaban J connectivity index is 3.95. The Hall–Kier alpha value is -0.240. The van der Waals surface area contributed by atoms with Crippen LogP contribution in [0, 0.1) is 0 Å². The zero-order chi connectivity index (χ0) is 11.9. The first-order chi connectivity index (χ1) is 6.93. The van der Waals surface area contributed by atoms with Gasteiger partial charge in [-0.2, -0.15) is 0 Å². The number of rotatable bonds is 8. The average molecular weight is 222 g/mol. The Labute approximate surface area is 89.9 Å². The fourth-order valence-corrected chi connectivity index (χ4v) is 1.09. The van der Waals surface area contributed by atoms with Crippen molar-refractivity contribution in [2.45, 2.75) is 37.8 Å². The van der Waals surface area contributed by atoms with Crippen LogP contribution in [-0.4, -0.2) is 58.7 Å². The lowest BCUT2D eigenvalue weighted by Crippen LogP contribution is -2.57. The maximum atomic E-state index is 9.89. The minimum atomic E-state index is -1.33. The quantitative estimate of drug-likeness (QED) is 0.264. The van der Waals surface area contributed by atoms with Gasteiger partial charge in [0.2, 0.25) is 0 Å². The fourth-order valence-electron chi connectivity index (χ4n) is 1.09. The zero-order valence-corrected chi connectivity index (χ0v) is 9.27. The van der Waals surface area contributed by atoms with E-state index in [1.807, 2.05) is 0 Å². The van der Waals surface area contributed by atoms with Gasteiger partial charge in [0.1, 0.15) is 0 Å². The lowest BCUT2D eigenvalue weighted by atomic mass is 10.1. The summed E-state index contributed by atoms with van der Waals surface area (Å²) in [6.07, 6.45) is -0.899. The highest BCUT2D eigenvalue weighted by molar-refractivity contribution is 4.74. The summed E-state index contributed by atoms with van der Waals surface area (Å²) in [7, 11) is 1.57. The molecule has 0 radical (unpaired) electrons. The van der Waals surface area contributed by atoms with Crippen LogP contribution in [0.2, 0.25) is 0 Å². The topological polar surface area (TPSA) is 105 Å². The predicted molar refractivity (Wildman–Crippen MR) is 56.0 cm³/mol. The molecule has 0 amide bonds. The second kappa shape index (κ2) is 7.10. The van der Waals surface area contributed by atoms with Crippen molar-refractivity contribution in [2.24, 2.45) is 0 Å². The molecule has 0 saturated carbocycles. The van der Waals surface area contributed by atoms with Gasteiger partial charge in [0.15, 0.2) is 5.85 Å². The van der Waals surface area contributed by atoms with Gasteiger partial charge in [0.25, 0.3) is 0 Å². The predicted octanol–water partition coefficient (Wildman–Crippen LogP) is -2.04. The molecule has 0 aromatic carbocycles. The Morgan fingerprint density at radius 3 is 2.33 bits per heavy atom. The highest BCUT2D eigenvalue weighted by Crippen LogP contribution is 2.07. The fraction of sp³-hybridized carbons (Fsp3) is 1.00. The van der Waals surface area contributed by atoms with Gasteiger partial charge in [-0.1, -0.05) is 0 Å². The van der Waals surface area contributed by atoms with E-state index >= 15 is 0 Å². The van der Waals surface area contributed by atoms with Crippen molar-refractivity contribution in [1.82, 2.24) is 10.6 Å². The van der Waals surface area contributed by atoms with Crippen LogP contribution < -0.4 is 10.6 Å². The maximum Gasteiger partial charge on any atom is 0.171 e. The van der Waals surface area contributed by atoms with E-state index in [1.165, 1.54) is 0 Å².